The van der Waals surface area contributed by atoms with Crippen LogP contribution >= 0.6 is 11.8 Å². The molecule has 0 unspecified atom stereocenters. The Morgan fingerprint density at radius 1 is 1.00 bits per heavy atom. The predicted molar refractivity (Wildman–Crippen MR) is 95.3 cm³/mol. The fourth-order valence-electron chi connectivity index (χ4n) is 2.51. The van der Waals surface area contributed by atoms with Crippen molar-refractivity contribution < 1.29 is 4.79 Å². The van der Waals surface area contributed by atoms with Gasteiger partial charge in [0.05, 0.1) is 16.7 Å². The highest BCUT2D eigenvalue weighted by Crippen LogP contribution is 2.34. The van der Waals surface area contributed by atoms with Gasteiger partial charge in [0.25, 0.3) is 0 Å². The first kappa shape index (κ1) is 14.7. The van der Waals surface area contributed by atoms with Crippen molar-refractivity contribution in [1.82, 2.24) is 15.0 Å². The molecule has 4 aromatic rings. The topological polar surface area (TPSA) is 58.6 Å². The normalized spacial score (nSPS) is 10.8. The number of aldehydes is 1. The maximum absolute atomic E-state index is 10.9. The lowest BCUT2D eigenvalue weighted by molar-refractivity contribution is 0.112. The minimum Gasteiger partial charge on any atom is -0.333 e. The SMILES string of the molecule is O=Cc1ccc2[nH]c(Sc3ccccc3-c3ccccn3)nc2c1. The zero-order valence-electron chi connectivity index (χ0n) is 12.6. The van der Waals surface area contributed by atoms with Gasteiger partial charge >= 0.3 is 0 Å². The first-order valence-corrected chi connectivity index (χ1v) is 8.28. The molecule has 5 heteroatoms. The average Bonchev–Trinajstić information content (AvgIpc) is 3.04. The largest absolute Gasteiger partial charge is 0.333 e. The number of carbonyl (C=O) groups excluding carboxylic acids is 1. The summed E-state index contributed by atoms with van der Waals surface area (Å²) >= 11 is 1.55. The molecule has 0 saturated carbocycles. The van der Waals surface area contributed by atoms with Gasteiger partial charge in [0.2, 0.25) is 0 Å². The average molecular weight is 331 g/mol. The number of nitrogens with zero attached hydrogens (tertiary/aromatic N) is 2. The first-order chi connectivity index (χ1) is 11.8. The number of fused-ring (bicyclic) bond motifs is 1. The third-order valence-corrected chi connectivity index (χ3v) is 4.62. The third kappa shape index (κ3) is 2.81. The molecule has 2 heterocycles. The van der Waals surface area contributed by atoms with E-state index in [9.17, 15) is 4.79 Å². The highest BCUT2D eigenvalue weighted by atomic mass is 32.2. The van der Waals surface area contributed by atoms with E-state index in [-0.39, 0.29) is 0 Å². The molecule has 4 nitrogen and oxygen atoms in total. The summed E-state index contributed by atoms with van der Waals surface area (Å²) in [7, 11) is 0. The van der Waals surface area contributed by atoms with E-state index in [4.69, 9.17) is 0 Å². The molecule has 1 N–H and O–H groups in total. The Labute approximate surface area is 143 Å². The Morgan fingerprint density at radius 3 is 2.71 bits per heavy atom. The van der Waals surface area contributed by atoms with Crippen LogP contribution in [0.15, 0.2) is 76.9 Å². The quantitative estimate of drug-likeness (QED) is 0.556. The number of imidazole rings is 1. The van der Waals surface area contributed by atoms with Gasteiger partial charge in [-0.3, -0.25) is 9.78 Å². The van der Waals surface area contributed by atoms with Gasteiger partial charge in [-0.1, -0.05) is 36.0 Å². The second kappa shape index (κ2) is 6.29. The highest BCUT2D eigenvalue weighted by Gasteiger charge is 2.10. The number of hydrogen-bond acceptors (Lipinski definition) is 4. The summed E-state index contributed by atoms with van der Waals surface area (Å²) in [6.07, 6.45) is 2.62. The van der Waals surface area contributed by atoms with Crippen molar-refractivity contribution in [2.45, 2.75) is 10.1 Å². The van der Waals surface area contributed by atoms with E-state index >= 15 is 0 Å². The molecule has 24 heavy (non-hydrogen) atoms. The Hall–Kier alpha value is -2.92. The zero-order valence-corrected chi connectivity index (χ0v) is 13.5. The van der Waals surface area contributed by atoms with E-state index < -0.39 is 0 Å². The second-order valence-corrected chi connectivity index (χ2v) is 6.28. The molecule has 2 aromatic carbocycles. The van der Waals surface area contributed by atoms with Crippen LogP contribution in [-0.4, -0.2) is 21.2 Å². The van der Waals surface area contributed by atoms with Crippen LogP contribution in [-0.2, 0) is 0 Å². The maximum atomic E-state index is 10.9. The molecule has 0 aliphatic rings. The van der Waals surface area contributed by atoms with E-state index in [0.29, 0.717) is 5.56 Å². The molecule has 0 aliphatic carbocycles. The van der Waals surface area contributed by atoms with Gasteiger partial charge in [0.1, 0.15) is 6.29 Å². The Balaban J connectivity index is 1.72. The predicted octanol–water partition coefficient (Wildman–Crippen LogP) is 4.59. The molecule has 116 valence electrons. The molecule has 0 fully saturated rings. The van der Waals surface area contributed by atoms with E-state index in [0.717, 1.165) is 38.6 Å². The molecule has 0 atom stereocenters. The summed E-state index contributed by atoms with van der Waals surface area (Å²) < 4.78 is 0. The monoisotopic (exact) mass is 331 g/mol. The van der Waals surface area contributed by atoms with Crippen LogP contribution in [0.4, 0.5) is 0 Å². The third-order valence-electron chi connectivity index (χ3n) is 3.66. The number of H-pyrrole nitrogens is 1. The minimum absolute atomic E-state index is 0.624. The molecule has 0 radical (unpaired) electrons. The Bertz CT molecular complexity index is 1010. The second-order valence-electron chi connectivity index (χ2n) is 5.25. The van der Waals surface area contributed by atoms with Crippen LogP contribution < -0.4 is 0 Å². The molecule has 0 amide bonds. The Morgan fingerprint density at radius 2 is 1.88 bits per heavy atom. The molecule has 0 aliphatic heterocycles. The lowest BCUT2D eigenvalue weighted by Crippen LogP contribution is -1.86. The minimum atomic E-state index is 0.624. The van der Waals surface area contributed by atoms with Gasteiger partial charge in [0.15, 0.2) is 5.16 Å². The number of pyridine rings is 1. The number of rotatable bonds is 4. The van der Waals surface area contributed by atoms with Crippen molar-refractivity contribution in [3.8, 4) is 11.3 Å². The van der Waals surface area contributed by atoms with Gasteiger partial charge in [-0.15, -0.1) is 0 Å². The lowest BCUT2D eigenvalue weighted by atomic mass is 10.1. The van der Waals surface area contributed by atoms with E-state index in [2.05, 4.69) is 27.1 Å². The first-order valence-electron chi connectivity index (χ1n) is 7.47. The molecular formula is C19H13N3OS. The van der Waals surface area contributed by atoms with Gasteiger partial charge in [-0.05, 0) is 36.4 Å². The van der Waals surface area contributed by atoms with Crippen molar-refractivity contribution in [3.63, 3.8) is 0 Å². The lowest BCUT2D eigenvalue weighted by Gasteiger charge is -2.06. The molecular weight excluding hydrogens is 318 g/mol. The van der Waals surface area contributed by atoms with Crippen LogP contribution in [0.1, 0.15) is 10.4 Å². The van der Waals surface area contributed by atoms with Crippen molar-refractivity contribution in [2.24, 2.45) is 0 Å². The number of carbonyl (C=O) groups is 1. The van der Waals surface area contributed by atoms with Gasteiger partial charge < -0.3 is 4.98 Å². The standard InChI is InChI=1S/C19H13N3OS/c23-12-13-8-9-16-17(11-13)22-19(21-16)24-18-7-2-1-5-14(18)15-6-3-4-10-20-15/h1-12H,(H,21,22). The van der Waals surface area contributed by atoms with E-state index in [1.54, 1.807) is 30.1 Å². The van der Waals surface area contributed by atoms with Crippen molar-refractivity contribution in [2.75, 3.05) is 0 Å². The highest BCUT2D eigenvalue weighted by molar-refractivity contribution is 7.99. The summed E-state index contributed by atoms with van der Waals surface area (Å²) in [5.41, 5.74) is 4.33. The fraction of sp³-hybridized carbons (Fsp3) is 0. The zero-order chi connectivity index (χ0) is 16.4. The fourth-order valence-corrected chi connectivity index (χ4v) is 3.46. The molecule has 0 spiro atoms. The van der Waals surface area contributed by atoms with E-state index in [1.807, 2.05) is 36.4 Å². The summed E-state index contributed by atoms with van der Waals surface area (Å²) in [4.78, 5) is 24.3. The molecule has 0 bridgehead atoms. The Kier molecular flexibility index (Phi) is 3.84. The van der Waals surface area contributed by atoms with Crippen LogP contribution in [0.5, 0.6) is 0 Å². The summed E-state index contributed by atoms with van der Waals surface area (Å²) in [6, 6.07) is 19.4. The number of benzene rings is 2. The smallest absolute Gasteiger partial charge is 0.171 e. The van der Waals surface area contributed by atoms with Crippen molar-refractivity contribution in [1.29, 1.82) is 0 Å². The van der Waals surface area contributed by atoms with Crippen molar-refractivity contribution >= 4 is 29.1 Å². The van der Waals surface area contributed by atoms with Crippen LogP contribution in [0, 0.1) is 0 Å². The number of nitrogens with one attached hydrogen (secondary N) is 1. The molecule has 4 rings (SSSR count). The molecule has 0 saturated heterocycles. The molecule has 2 aromatic heterocycles. The summed E-state index contributed by atoms with van der Waals surface area (Å²) in [5.74, 6) is 0. The number of hydrogen-bond donors (Lipinski definition) is 1. The number of aromatic amines is 1. The van der Waals surface area contributed by atoms with E-state index in [1.165, 1.54) is 0 Å². The van der Waals surface area contributed by atoms with Gasteiger partial charge in [-0.25, -0.2) is 4.98 Å². The number of aromatic nitrogens is 3. The maximum Gasteiger partial charge on any atom is 0.171 e. The summed E-state index contributed by atoms with van der Waals surface area (Å²) in [6.45, 7) is 0. The van der Waals surface area contributed by atoms with Crippen molar-refractivity contribution in [3.05, 3.63) is 72.4 Å². The van der Waals surface area contributed by atoms with Gasteiger partial charge in [-0.2, -0.15) is 0 Å². The van der Waals surface area contributed by atoms with Gasteiger partial charge in [0, 0.05) is 22.2 Å². The van der Waals surface area contributed by atoms with Crippen LogP contribution in [0.25, 0.3) is 22.3 Å². The van der Waals surface area contributed by atoms with Crippen LogP contribution in [0.3, 0.4) is 0 Å². The summed E-state index contributed by atoms with van der Waals surface area (Å²) in [5, 5.41) is 0.788. The van der Waals surface area contributed by atoms with Crippen LogP contribution in [0.2, 0.25) is 0 Å².